The number of para-hydroxylation sites is 1. The minimum Gasteiger partial charge on any atom is -0.236 e. The summed E-state index contributed by atoms with van der Waals surface area (Å²) in [5.74, 6) is 0.525. The van der Waals surface area contributed by atoms with Gasteiger partial charge in [0.1, 0.15) is 11.2 Å². The van der Waals surface area contributed by atoms with Crippen LogP contribution in [0.5, 0.6) is 0 Å². The zero-order valence-corrected chi connectivity index (χ0v) is 13.8. The molecule has 4 rings (SSSR count). The van der Waals surface area contributed by atoms with Crippen LogP contribution in [-0.4, -0.2) is 4.57 Å². The third-order valence-corrected chi connectivity index (χ3v) is 4.59. The van der Waals surface area contributed by atoms with Crippen molar-refractivity contribution in [3.8, 4) is 5.69 Å². The molecule has 0 radical (unpaired) electrons. The Balaban J connectivity index is 2.15. The van der Waals surface area contributed by atoms with Gasteiger partial charge in [-0.05, 0) is 47.9 Å². The number of hydrogen-bond donors (Lipinski definition) is 0. The van der Waals surface area contributed by atoms with Gasteiger partial charge in [0.25, 0.3) is 5.65 Å². The smallest absolute Gasteiger partial charge is 0.236 e. The minimum absolute atomic E-state index is 0.525. The second kappa shape index (κ2) is 5.24. The predicted octanol–water partition coefficient (Wildman–Crippen LogP) is 4.73. The second-order valence-corrected chi connectivity index (χ2v) is 6.46. The molecule has 0 aliphatic heterocycles. The molecule has 2 aromatic carbocycles. The van der Waals surface area contributed by atoms with Crippen LogP contribution in [0.15, 0.2) is 66.9 Å². The normalized spacial score (nSPS) is 11.7. The van der Waals surface area contributed by atoms with Crippen molar-refractivity contribution in [3.05, 3.63) is 72.4 Å². The van der Waals surface area contributed by atoms with Crippen LogP contribution in [0.3, 0.4) is 0 Å². The average molecular weight is 301 g/mol. The Labute approximate surface area is 136 Å². The van der Waals surface area contributed by atoms with E-state index >= 15 is 0 Å². The second-order valence-electron chi connectivity index (χ2n) is 6.46. The van der Waals surface area contributed by atoms with Crippen molar-refractivity contribution in [2.24, 2.45) is 7.05 Å². The van der Waals surface area contributed by atoms with Crippen LogP contribution in [0.25, 0.3) is 27.6 Å². The van der Waals surface area contributed by atoms with E-state index in [-0.39, 0.29) is 0 Å². The Morgan fingerprint density at radius 1 is 0.870 bits per heavy atom. The maximum Gasteiger partial charge on any atom is 0.294 e. The summed E-state index contributed by atoms with van der Waals surface area (Å²) in [7, 11) is 2.12. The Bertz CT molecular complexity index is 1010. The Kier molecular flexibility index (Phi) is 3.19. The van der Waals surface area contributed by atoms with Gasteiger partial charge in [0, 0.05) is 5.39 Å². The summed E-state index contributed by atoms with van der Waals surface area (Å²) < 4.78 is 4.58. The molecular formula is C21H21N2+. The zero-order valence-electron chi connectivity index (χ0n) is 13.8. The molecule has 4 aromatic rings. The van der Waals surface area contributed by atoms with Crippen LogP contribution in [0, 0.1) is 0 Å². The quantitative estimate of drug-likeness (QED) is 0.473. The molecule has 0 saturated carbocycles. The fourth-order valence-electron chi connectivity index (χ4n) is 3.39. The topological polar surface area (TPSA) is 8.81 Å². The summed E-state index contributed by atoms with van der Waals surface area (Å²) >= 11 is 0. The van der Waals surface area contributed by atoms with Crippen molar-refractivity contribution in [1.29, 1.82) is 0 Å². The molecule has 2 nitrogen and oxygen atoms in total. The van der Waals surface area contributed by atoms with Crippen LogP contribution in [0.1, 0.15) is 25.3 Å². The first kappa shape index (κ1) is 14.0. The molecule has 23 heavy (non-hydrogen) atoms. The monoisotopic (exact) mass is 301 g/mol. The SMILES string of the molecule is CC(C)c1cccc(-n2c3ccccc3c3ccc[n+](C)c32)c1. The van der Waals surface area contributed by atoms with E-state index in [1.807, 2.05) is 0 Å². The Hall–Kier alpha value is -2.61. The maximum atomic E-state index is 2.37. The molecule has 0 spiro atoms. The Morgan fingerprint density at radius 3 is 2.48 bits per heavy atom. The van der Waals surface area contributed by atoms with E-state index in [4.69, 9.17) is 0 Å². The maximum absolute atomic E-state index is 2.37. The highest BCUT2D eigenvalue weighted by Gasteiger charge is 2.21. The molecule has 0 saturated heterocycles. The summed E-state index contributed by atoms with van der Waals surface area (Å²) in [5, 5.41) is 2.59. The largest absolute Gasteiger partial charge is 0.294 e. The summed E-state index contributed by atoms with van der Waals surface area (Å²) in [6.07, 6.45) is 2.12. The van der Waals surface area contributed by atoms with Gasteiger partial charge in [-0.1, -0.05) is 38.1 Å². The number of nitrogens with zero attached hydrogens (tertiary/aromatic N) is 2. The molecule has 2 aromatic heterocycles. The molecule has 0 amide bonds. The summed E-state index contributed by atoms with van der Waals surface area (Å²) in [5.41, 5.74) is 5.08. The molecule has 0 unspecified atom stereocenters. The fourth-order valence-corrected chi connectivity index (χ4v) is 3.39. The van der Waals surface area contributed by atoms with Gasteiger partial charge in [-0.25, -0.2) is 4.57 Å². The van der Waals surface area contributed by atoms with E-state index in [2.05, 4.69) is 96.9 Å². The summed E-state index contributed by atoms with van der Waals surface area (Å²) in [6, 6.07) is 21.8. The molecule has 114 valence electrons. The number of aromatic nitrogens is 2. The molecule has 0 N–H and O–H groups in total. The van der Waals surface area contributed by atoms with Gasteiger partial charge in [-0.15, -0.1) is 0 Å². The van der Waals surface area contributed by atoms with Gasteiger partial charge in [0.05, 0.1) is 18.6 Å². The number of hydrogen-bond acceptors (Lipinski definition) is 0. The molecule has 0 bridgehead atoms. The van der Waals surface area contributed by atoms with Crippen molar-refractivity contribution in [1.82, 2.24) is 4.57 Å². The van der Waals surface area contributed by atoms with Gasteiger partial charge in [0.2, 0.25) is 0 Å². The number of rotatable bonds is 2. The highest BCUT2D eigenvalue weighted by atomic mass is 15.1. The number of benzene rings is 2. The summed E-state index contributed by atoms with van der Waals surface area (Å²) in [4.78, 5) is 0. The predicted molar refractivity (Wildman–Crippen MR) is 96.0 cm³/mol. The lowest BCUT2D eigenvalue weighted by Gasteiger charge is -2.07. The Morgan fingerprint density at radius 2 is 1.65 bits per heavy atom. The van der Waals surface area contributed by atoms with Gasteiger partial charge < -0.3 is 0 Å². The van der Waals surface area contributed by atoms with Crippen LogP contribution in [0.2, 0.25) is 0 Å². The first-order valence-corrected chi connectivity index (χ1v) is 8.15. The van der Waals surface area contributed by atoms with Gasteiger partial charge in [0.15, 0.2) is 0 Å². The lowest BCUT2D eigenvalue weighted by Crippen LogP contribution is -2.30. The lowest BCUT2D eigenvalue weighted by molar-refractivity contribution is -0.647. The number of aryl methyl sites for hydroxylation is 1. The van der Waals surface area contributed by atoms with Crippen molar-refractivity contribution in [3.63, 3.8) is 0 Å². The number of pyridine rings is 1. The van der Waals surface area contributed by atoms with E-state index in [1.165, 1.54) is 33.2 Å². The van der Waals surface area contributed by atoms with Crippen molar-refractivity contribution >= 4 is 21.9 Å². The van der Waals surface area contributed by atoms with E-state index < -0.39 is 0 Å². The first-order chi connectivity index (χ1) is 11.2. The summed E-state index contributed by atoms with van der Waals surface area (Å²) in [6.45, 7) is 4.48. The molecule has 0 atom stereocenters. The molecule has 2 heteroatoms. The first-order valence-electron chi connectivity index (χ1n) is 8.15. The highest BCUT2D eigenvalue weighted by Crippen LogP contribution is 2.30. The molecule has 0 aliphatic rings. The zero-order chi connectivity index (χ0) is 16.0. The lowest BCUT2D eigenvalue weighted by atomic mass is 10.0. The molecule has 0 fully saturated rings. The third-order valence-electron chi connectivity index (χ3n) is 4.59. The fraction of sp³-hybridized carbons (Fsp3) is 0.190. The minimum atomic E-state index is 0.525. The third kappa shape index (κ3) is 2.14. The van der Waals surface area contributed by atoms with Crippen molar-refractivity contribution < 1.29 is 4.57 Å². The van der Waals surface area contributed by atoms with E-state index in [1.54, 1.807) is 0 Å². The van der Waals surface area contributed by atoms with Crippen LogP contribution in [0.4, 0.5) is 0 Å². The van der Waals surface area contributed by atoms with E-state index in [9.17, 15) is 0 Å². The van der Waals surface area contributed by atoms with Crippen LogP contribution >= 0.6 is 0 Å². The highest BCUT2D eigenvalue weighted by molar-refractivity contribution is 6.06. The molecule has 0 aliphatic carbocycles. The standard InChI is InChI=1S/C21H21N2/c1-15(2)16-8-6-9-17(14-16)23-20-12-5-4-10-18(20)19-11-7-13-22(3)21(19)23/h4-15H,1-3H3/q+1. The average Bonchev–Trinajstić information content (AvgIpc) is 2.91. The van der Waals surface area contributed by atoms with Crippen molar-refractivity contribution in [2.45, 2.75) is 19.8 Å². The van der Waals surface area contributed by atoms with Crippen LogP contribution < -0.4 is 4.57 Å². The van der Waals surface area contributed by atoms with E-state index in [0.29, 0.717) is 5.92 Å². The molecular weight excluding hydrogens is 280 g/mol. The molecule has 2 heterocycles. The van der Waals surface area contributed by atoms with Crippen LogP contribution in [-0.2, 0) is 7.05 Å². The van der Waals surface area contributed by atoms with Gasteiger partial charge >= 0.3 is 0 Å². The van der Waals surface area contributed by atoms with E-state index in [0.717, 1.165) is 0 Å². The van der Waals surface area contributed by atoms with Gasteiger partial charge in [-0.3, -0.25) is 0 Å². The number of fused-ring (bicyclic) bond motifs is 3. The van der Waals surface area contributed by atoms with Crippen molar-refractivity contribution in [2.75, 3.05) is 0 Å². The van der Waals surface area contributed by atoms with Gasteiger partial charge in [-0.2, -0.15) is 4.57 Å².